The Morgan fingerprint density at radius 1 is 1.31 bits per heavy atom. The van der Waals surface area contributed by atoms with E-state index in [9.17, 15) is 0 Å². The topological polar surface area (TPSA) is 40.7 Å². The number of hydrogen-bond donors (Lipinski definition) is 2. The van der Waals surface area contributed by atoms with Gasteiger partial charge < -0.3 is 10.3 Å². The number of nitrogens with zero attached hydrogens (tertiary/aromatic N) is 1. The normalized spacial score (nSPS) is 16.1. The van der Waals surface area contributed by atoms with Gasteiger partial charge in [-0.3, -0.25) is 0 Å². The van der Waals surface area contributed by atoms with Gasteiger partial charge in [0.05, 0.1) is 11.9 Å². The zero-order valence-corrected chi connectivity index (χ0v) is 9.46. The van der Waals surface area contributed by atoms with Gasteiger partial charge in [-0.1, -0.05) is 23.7 Å². The third kappa shape index (κ3) is 1.72. The van der Waals surface area contributed by atoms with Gasteiger partial charge in [-0.15, -0.1) is 0 Å². The van der Waals surface area contributed by atoms with Crippen LogP contribution in [0.25, 0.3) is 11.3 Å². The second kappa shape index (κ2) is 3.92. The van der Waals surface area contributed by atoms with E-state index < -0.39 is 0 Å². The first-order valence-corrected chi connectivity index (χ1v) is 5.72. The van der Waals surface area contributed by atoms with Crippen LogP contribution in [0.2, 0.25) is 5.02 Å². The summed E-state index contributed by atoms with van der Waals surface area (Å²) in [4.78, 5) is 7.75. The summed E-state index contributed by atoms with van der Waals surface area (Å²) in [6.07, 6.45) is 1.87. The van der Waals surface area contributed by atoms with E-state index in [1.807, 2.05) is 30.5 Å². The van der Waals surface area contributed by atoms with Crippen molar-refractivity contribution >= 4 is 11.6 Å². The Morgan fingerprint density at radius 3 is 2.88 bits per heavy atom. The highest BCUT2D eigenvalue weighted by Crippen LogP contribution is 2.24. The molecular formula is C12H12ClN3. The van der Waals surface area contributed by atoms with Gasteiger partial charge in [0.1, 0.15) is 5.82 Å². The van der Waals surface area contributed by atoms with Gasteiger partial charge in [-0.05, 0) is 12.1 Å². The van der Waals surface area contributed by atoms with E-state index in [4.69, 9.17) is 11.6 Å². The van der Waals surface area contributed by atoms with Gasteiger partial charge in [0, 0.05) is 29.6 Å². The van der Waals surface area contributed by atoms with Crippen molar-refractivity contribution in [1.82, 2.24) is 15.3 Å². The van der Waals surface area contributed by atoms with Crippen molar-refractivity contribution in [3.05, 3.63) is 41.3 Å². The van der Waals surface area contributed by atoms with Crippen LogP contribution >= 0.6 is 11.6 Å². The van der Waals surface area contributed by atoms with Crippen molar-refractivity contribution in [3.8, 4) is 11.3 Å². The van der Waals surface area contributed by atoms with E-state index >= 15 is 0 Å². The average Bonchev–Trinajstić information content (AvgIpc) is 2.64. The van der Waals surface area contributed by atoms with E-state index in [1.54, 1.807) is 0 Å². The molecule has 1 aliphatic heterocycles. The summed E-state index contributed by atoms with van der Waals surface area (Å²) < 4.78 is 0. The Bertz CT molecular complexity index is 502. The highest BCUT2D eigenvalue weighted by Gasteiger charge is 2.21. The molecule has 3 nitrogen and oxygen atoms in total. The number of imidazole rings is 1. The first kappa shape index (κ1) is 9.87. The first-order valence-electron chi connectivity index (χ1n) is 5.34. The molecule has 0 bridgehead atoms. The molecule has 2 heterocycles. The van der Waals surface area contributed by atoms with E-state index in [0.29, 0.717) is 5.92 Å². The summed E-state index contributed by atoms with van der Waals surface area (Å²) in [5.41, 5.74) is 2.11. The number of aromatic amines is 1. The van der Waals surface area contributed by atoms with Crippen LogP contribution in [0.5, 0.6) is 0 Å². The molecule has 4 heteroatoms. The summed E-state index contributed by atoms with van der Waals surface area (Å²) in [5.74, 6) is 1.60. The Kier molecular flexibility index (Phi) is 2.42. The molecule has 1 aliphatic rings. The summed E-state index contributed by atoms with van der Waals surface area (Å²) in [6, 6.07) is 7.79. The SMILES string of the molecule is Clc1cccc(-c2cnc(C3CNC3)[nH]2)c1. The number of aromatic nitrogens is 2. The fourth-order valence-electron chi connectivity index (χ4n) is 1.83. The van der Waals surface area contributed by atoms with Crippen LogP contribution in [0, 0.1) is 0 Å². The minimum atomic E-state index is 0.535. The molecule has 1 aromatic carbocycles. The molecule has 82 valence electrons. The molecule has 2 aromatic rings. The van der Waals surface area contributed by atoms with Crippen LogP contribution in [0.1, 0.15) is 11.7 Å². The third-order valence-electron chi connectivity index (χ3n) is 2.90. The summed E-state index contributed by atoms with van der Waals surface area (Å²) in [7, 11) is 0. The average molecular weight is 234 g/mol. The number of benzene rings is 1. The molecule has 2 N–H and O–H groups in total. The van der Waals surface area contributed by atoms with Crippen LogP contribution in [0.4, 0.5) is 0 Å². The van der Waals surface area contributed by atoms with E-state index in [2.05, 4.69) is 15.3 Å². The zero-order valence-electron chi connectivity index (χ0n) is 8.70. The standard InChI is InChI=1S/C12H12ClN3/c13-10-3-1-2-8(4-10)11-7-15-12(16-11)9-5-14-6-9/h1-4,7,9,14H,5-6H2,(H,15,16). The van der Waals surface area contributed by atoms with E-state index in [0.717, 1.165) is 35.2 Å². The fourth-order valence-corrected chi connectivity index (χ4v) is 2.02. The van der Waals surface area contributed by atoms with Crippen molar-refractivity contribution in [2.75, 3.05) is 13.1 Å². The Balaban J connectivity index is 1.91. The Morgan fingerprint density at radius 2 is 2.19 bits per heavy atom. The van der Waals surface area contributed by atoms with Crippen LogP contribution in [0.15, 0.2) is 30.5 Å². The third-order valence-corrected chi connectivity index (χ3v) is 3.13. The minimum absolute atomic E-state index is 0.535. The lowest BCUT2D eigenvalue weighted by atomic mass is 10.0. The number of rotatable bonds is 2. The quantitative estimate of drug-likeness (QED) is 0.837. The van der Waals surface area contributed by atoms with Gasteiger partial charge in [-0.2, -0.15) is 0 Å². The number of halogens is 1. The van der Waals surface area contributed by atoms with E-state index in [-0.39, 0.29) is 0 Å². The van der Waals surface area contributed by atoms with Crippen molar-refractivity contribution in [1.29, 1.82) is 0 Å². The first-order chi connectivity index (χ1) is 7.83. The maximum absolute atomic E-state index is 5.96. The van der Waals surface area contributed by atoms with Gasteiger partial charge in [0.15, 0.2) is 0 Å². The molecule has 0 spiro atoms. The lowest BCUT2D eigenvalue weighted by molar-refractivity contribution is 0.433. The molecule has 1 saturated heterocycles. The largest absolute Gasteiger partial charge is 0.342 e. The monoisotopic (exact) mass is 233 g/mol. The zero-order chi connectivity index (χ0) is 11.0. The minimum Gasteiger partial charge on any atom is -0.342 e. The van der Waals surface area contributed by atoms with Crippen molar-refractivity contribution in [3.63, 3.8) is 0 Å². The van der Waals surface area contributed by atoms with Crippen LogP contribution in [-0.2, 0) is 0 Å². The highest BCUT2D eigenvalue weighted by molar-refractivity contribution is 6.30. The molecule has 1 aromatic heterocycles. The van der Waals surface area contributed by atoms with E-state index in [1.165, 1.54) is 0 Å². The number of hydrogen-bond acceptors (Lipinski definition) is 2. The maximum Gasteiger partial charge on any atom is 0.112 e. The molecule has 0 atom stereocenters. The molecule has 0 aliphatic carbocycles. The lowest BCUT2D eigenvalue weighted by Crippen LogP contribution is -2.40. The molecule has 3 rings (SSSR count). The maximum atomic E-state index is 5.96. The smallest absolute Gasteiger partial charge is 0.112 e. The number of H-pyrrole nitrogens is 1. The Labute approximate surface area is 98.9 Å². The molecular weight excluding hydrogens is 222 g/mol. The molecule has 0 unspecified atom stereocenters. The molecule has 16 heavy (non-hydrogen) atoms. The molecule has 1 fully saturated rings. The lowest BCUT2D eigenvalue weighted by Gasteiger charge is -2.24. The molecule has 0 amide bonds. The van der Waals surface area contributed by atoms with Crippen molar-refractivity contribution in [2.45, 2.75) is 5.92 Å². The van der Waals surface area contributed by atoms with Gasteiger partial charge in [-0.25, -0.2) is 4.98 Å². The highest BCUT2D eigenvalue weighted by atomic mass is 35.5. The van der Waals surface area contributed by atoms with Gasteiger partial charge >= 0.3 is 0 Å². The predicted molar refractivity (Wildman–Crippen MR) is 64.6 cm³/mol. The van der Waals surface area contributed by atoms with Crippen LogP contribution in [-0.4, -0.2) is 23.1 Å². The van der Waals surface area contributed by atoms with Crippen molar-refractivity contribution in [2.24, 2.45) is 0 Å². The van der Waals surface area contributed by atoms with Crippen molar-refractivity contribution < 1.29 is 0 Å². The van der Waals surface area contributed by atoms with Gasteiger partial charge in [0.25, 0.3) is 0 Å². The molecule has 0 saturated carbocycles. The van der Waals surface area contributed by atoms with Crippen LogP contribution in [0.3, 0.4) is 0 Å². The van der Waals surface area contributed by atoms with Gasteiger partial charge in [0.2, 0.25) is 0 Å². The predicted octanol–water partition coefficient (Wildman–Crippen LogP) is 2.42. The summed E-state index contributed by atoms with van der Waals surface area (Å²) >= 11 is 5.96. The summed E-state index contributed by atoms with van der Waals surface area (Å²) in [6.45, 7) is 2.03. The van der Waals surface area contributed by atoms with Crippen LogP contribution < -0.4 is 5.32 Å². The summed E-state index contributed by atoms with van der Waals surface area (Å²) in [5, 5.41) is 3.99. The second-order valence-corrected chi connectivity index (χ2v) is 4.48. The number of nitrogens with one attached hydrogen (secondary N) is 2. The second-order valence-electron chi connectivity index (χ2n) is 4.05. The molecule has 0 radical (unpaired) electrons. The fraction of sp³-hybridized carbons (Fsp3) is 0.250. The Hall–Kier alpha value is -1.32.